The number of nitrogens with one attached hydrogen (secondary N) is 4. The third kappa shape index (κ3) is 4.31. The number of hydrogen-bond donors (Lipinski definition) is 4. The summed E-state index contributed by atoms with van der Waals surface area (Å²) in [6.07, 6.45) is 7.78. The quantitative estimate of drug-likeness (QED) is 0.515. The summed E-state index contributed by atoms with van der Waals surface area (Å²) in [5.74, 6) is 0.405. The van der Waals surface area contributed by atoms with Gasteiger partial charge in [-0.1, -0.05) is 12.1 Å². The van der Waals surface area contributed by atoms with E-state index in [1.54, 1.807) is 0 Å². The van der Waals surface area contributed by atoms with Crippen LogP contribution in [0.5, 0.6) is 0 Å². The van der Waals surface area contributed by atoms with Crippen LogP contribution >= 0.6 is 0 Å². The minimum atomic E-state index is 0.0522. The summed E-state index contributed by atoms with van der Waals surface area (Å²) in [6.45, 7) is 9.48. The number of nitrogens with zero attached hydrogens (tertiary/aromatic N) is 2. The zero-order chi connectivity index (χ0) is 24.6. The van der Waals surface area contributed by atoms with Gasteiger partial charge in [0.2, 0.25) is 0 Å². The van der Waals surface area contributed by atoms with Crippen molar-refractivity contribution in [3.63, 3.8) is 0 Å². The van der Waals surface area contributed by atoms with Gasteiger partial charge in [-0.15, -0.1) is 0 Å². The SMILES string of the molecule is CC1=CNC(C2=CCNN2)C2=C1C(c1ccc(C(=O)N3CCCC3)cc1)CC(N1CCOC[C@H]1C)N2. The number of dihydropyridines is 1. The lowest BCUT2D eigenvalue weighted by Gasteiger charge is -2.47. The van der Waals surface area contributed by atoms with Crippen LogP contribution in [-0.4, -0.2) is 73.3 Å². The molecule has 2 saturated heterocycles. The van der Waals surface area contributed by atoms with E-state index in [1.807, 2.05) is 17.0 Å². The van der Waals surface area contributed by atoms with E-state index < -0.39 is 0 Å². The van der Waals surface area contributed by atoms with Crippen molar-refractivity contribution >= 4 is 5.91 Å². The molecular weight excluding hydrogens is 452 g/mol. The van der Waals surface area contributed by atoms with Gasteiger partial charge in [0.15, 0.2) is 0 Å². The summed E-state index contributed by atoms with van der Waals surface area (Å²) in [7, 11) is 0. The fraction of sp³-hybridized carbons (Fsp3) is 0.536. The van der Waals surface area contributed by atoms with Gasteiger partial charge >= 0.3 is 0 Å². The zero-order valence-electron chi connectivity index (χ0n) is 21.3. The van der Waals surface area contributed by atoms with E-state index in [0.29, 0.717) is 6.04 Å². The number of morpholine rings is 1. The zero-order valence-corrected chi connectivity index (χ0v) is 21.3. The Kier molecular flexibility index (Phi) is 6.50. The molecule has 5 aliphatic rings. The van der Waals surface area contributed by atoms with E-state index in [-0.39, 0.29) is 24.0 Å². The number of hydrazine groups is 1. The molecule has 0 saturated carbocycles. The van der Waals surface area contributed by atoms with Gasteiger partial charge in [-0.2, -0.15) is 0 Å². The number of allylic oxidation sites excluding steroid dienone is 2. The first-order valence-electron chi connectivity index (χ1n) is 13.5. The maximum absolute atomic E-state index is 13.0. The Hall–Kier alpha value is -2.81. The Morgan fingerprint density at radius 1 is 1.11 bits per heavy atom. The second-order valence-corrected chi connectivity index (χ2v) is 10.7. The lowest BCUT2D eigenvalue weighted by atomic mass is 9.77. The molecule has 8 heteroatoms. The van der Waals surface area contributed by atoms with Crippen LogP contribution in [0.15, 0.2) is 59.1 Å². The van der Waals surface area contributed by atoms with E-state index in [1.165, 1.54) is 22.4 Å². The summed E-state index contributed by atoms with van der Waals surface area (Å²) in [5.41, 5.74) is 13.7. The topological polar surface area (TPSA) is 80.9 Å². The number of likely N-dealkylation sites (tertiary alicyclic amines) is 1. The molecule has 0 aromatic heterocycles. The molecular formula is C28H38N6O2. The highest BCUT2D eigenvalue weighted by atomic mass is 16.5. The van der Waals surface area contributed by atoms with Crippen molar-refractivity contribution < 1.29 is 9.53 Å². The Bertz CT molecular complexity index is 1090. The molecule has 2 fully saturated rings. The molecule has 192 valence electrons. The van der Waals surface area contributed by atoms with Crippen molar-refractivity contribution in [3.05, 3.63) is 70.2 Å². The van der Waals surface area contributed by atoms with Crippen molar-refractivity contribution in [1.82, 2.24) is 31.3 Å². The number of hydrogen-bond acceptors (Lipinski definition) is 7. The molecule has 0 bridgehead atoms. The van der Waals surface area contributed by atoms with Crippen molar-refractivity contribution in [2.45, 2.75) is 57.3 Å². The normalized spacial score (nSPS) is 30.7. The van der Waals surface area contributed by atoms with Crippen molar-refractivity contribution in [3.8, 4) is 0 Å². The first-order chi connectivity index (χ1) is 17.6. The Morgan fingerprint density at radius 3 is 2.64 bits per heavy atom. The molecule has 5 aliphatic heterocycles. The van der Waals surface area contributed by atoms with Crippen LogP contribution in [0, 0.1) is 0 Å². The minimum Gasteiger partial charge on any atom is -0.379 e. The summed E-state index contributed by atoms with van der Waals surface area (Å²) >= 11 is 0. The molecule has 5 heterocycles. The van der Waals surface area contributed by atoms with Gasteiger partial charge in [0.1, 0.15) is 6.04 Å². The van der Waals surface area contributed by atoms with Gasteiger partial charge in [-0.3, -0.25) is 9.69 Å². The highest BCUT2D eigenvalue weighted by molar-refractivity contribution is 5.94. The summed E-state index contributed by atoms with van der Waals surface area (Å²) < 4.78 is 5.75. The van der Waals surface area contributed by atoms with Gasteiger partial charge in [0.25, 0.3) is 5.91 Å². The fourth-order valence-electron chi connectivity index (χ4n) is 6.43. The number of ether oxygens (including phenoxy) is 1. The molecule has 1 amide bonds. The first-order valence-corrected chi connectivity index (χ1v) is 13.5. The summed E-state index contributed by atoms with van der Waals surface area (Å²) in [4.78, 5) is 17.5. The maximum Gasteiger partial charge on any atom is 0.253 e. The largest absolute Gasteiger partial charge is 0.379 e. The Morgan fingerprint density at radius 2 is 1.92 bits per heavy atom. The van der Waals surface area contributed by atoms with Gasteiger partial charge < -0.3 is 25.7 Å². The van der Waals surface area contributed by atoms with E-state index in [9.17, 15) is 4.79 Å². The number of rotatable bonds is 4. The third-order valence-corrected chi connectivity index (χ3v) is 8.34. The Balaban J connectivity index is 1.35. The Labute approximate surface area is 213 Å². The molecule has 4 atom stereocenters. The molecule has 1 aromatic carbocycles. The average molecular weight is 491 g/mol. The highest BCUT2D eigenvalue weighted by Gasteiger charge is 2.40. The van der Waals surface area contributed by atoms with Crippen LogP contribution in [0.1, 0.15) is 54.9 Å². The molecule has 1 aromatic rings. The predicted molar refractivity (Wildman–Crippen MR) is 140 cm³/mol. The standard InChI is InChI=1S/C28H38N6O2/c1-18-16-29-26(23-9-10-30-32-23)27-25(18)22(15-24(31-27)34-13-14-36-17-19(34)2)20-5-7-21(8-6-20)28(35)33-11-3-4-12-33/h5-9,16,19,22,24,26,29-32H,3-4,10-15,17H2,1-2H3/t19-,22?,24?,26?/m1/s1. The van der Waals surface area contributed by atoms with E-state index >= 15 is 0 Å². The second kappa shape index (κ2) is 9.92. The molecule has 36 heavy (non-hydrogen) atoms. The number of amides is 1. The first kappa shape index (κ1) is 23.6. The van der Waals surface area contributed by atoms with E-state index in [0.717, 1.165) is 69.9 Å². The smallest absolute Gasteiger partial charge is 0.253 e. The predicted octanol–water partition coefficient (Wildman–Crippen LogP) is 2.17. The number of carbonyl (C=O) groups excluding carboxylic acids is 1. The monoisotopic (exact) mass is 490 g/mol. The van der Waals surface area contributed by atoms with E-state index in [4.69, 9.17) is 4.74 Å². The van der Waals surface area contributed by atoms with Crippen LogP contribution in [0.4, 0.5) is 0 Å². The molecule has 8 nitrogen and oxygen atoms in total. The second-order valence-electron chi connectivity index (χ2n) is 10.7. The summed E-state index contributed by atoms with van der Waals surface area (Å²) in [6, 6.07) is 8.85. The van der Waals surface area contributed by atoms with Crippen LogP contribution in [-0.2, 0) is 4.74 Å². The minimum absolute atomic E-state index is 0.0522. The molecule has 0 spiro atoms. The summed E-state index contributed by atoms with van der Waals surface area (Å²) in [5, 5.41) is 7.58. The molecule has 6 rings (SSSR count). The van der Waals surface area contributed by atoms with Crippen LogP contribution in [0.3, 0.4) is 0 Å². The number of benzene rings is 1. The van der Waals surface area contributed by atoms with Gasteiger partial charge in [0, 0.05) is 55.6 Å². The highest BCUT2D eigenvalue weighted by Crippen LogP contribution is 2.42. The van der Waals surface area contributed by atoms with Crippen LogP contribution < -0.4 is 21.5 Å². The third-order valence-electron chi connectivity index (χ3n) is 8.34. The molecule has 3 unspecified atom stereocenters. The van der Waals surface area contributed by atoms with Crippen molar-refractivity contribution in [2.75, 3.05) is 39.4 Å². The van der Waals surface area contributed by atoms with Gasteiger partial charge in [-0.25, -0.2) is 5.43 Å². The fourth-order valence-corrected chi connectivity index (χ4v) is 6.43. The van der Waals surface area contributed by atoms with Crippen LogP contribution in [0.25, 0.3) is 0 Å². The van der Waals surface area contributed by atoms with Crippen LogP contribution in [0.2, 0.25) is 0 Å². The van der Waals surface area contributed by atoms with Gasteiger partial charge in [0.05, 0.1) is 25.1 Å². The molecule has 0 radical (unpaired) electrons. The number of carbonyl (C=O) groups is 1. The van der Waals surface area contributed by atoms with Crippen molar-refractivity contribution in [1.29, 1.82) is 0 Å². The van der Waals surface area contributed by atoms with Gasteiger partial charge in [-0.05, 0) is 68.0 Å². The maximum atomic E-state index is 13.0. The lowest BCUT2D eigenvalue weighted by molar-refractivity contribution is -0.0317. The van der Waals surface area contributed by atoms with E-state index in [2.05, 4.69) is 64.6 Å². The van der Waals surface area contributed by atoms with Crippen molar-refractivity contribution in [2.24, 2.45) is 0 Å². The molecule has 0 aliphatic carbocycles. The molecule has 4 N–H and O–H groups in total. The lowest BCUT2D eigenvalue weighted by Crippen LogP contribution is -2.59. The average Bonchev–Trinajstić information content (AvgIpc) is 3.63.